The van der Waals surface area contributed by atoms with Gasteiger partial charge in [0.1, 0.15) is 0 Å². The topological polar surface area (TPSA) is 49.3 Å². The van der Waals surface area contributed by atoms with Crippen LogP contribution < -0.4 is 0 Å². The fourth-order valence-corrected chi connectivity index (χ4v) is 3.96. The standard InChI is InChI=1S/C19H22N4O/c24-19(18-7-4-10-20-21-18)23-13-16-8-9-17(23)14-22(12-16)11-15-5-2-1-3-6-15/h1-7,10,16-17H,8-9,11-14H2/t16-,17+/m0/s1. The lowest BCUT2D eigenvalue weighted by Gasteiger charge is -2.35. The summed E-state index contributed by atoms with van der Waals surface area (Å²) in [7, 11) is 0. The van der Waals surface area contributed by atoms with Gasteiger partial charge < -0.3 is 4.90 Å². The average molecular weight is 322 g/mol. The van der Waals surface area contributed by atoms with Gasteiger partial charge in [-0.1, -0.05) is 30.3 Å². The third-order valence-electron chi connectivity index (χ3n) is 5.09. The lowest BCUT2D eigenvalue weighted by atomic mass is 9.94. The van der Waals surface area contributed by atoms with Crippen molar-refractivity contribution in [3.8, 4) is 0 Å². The molecule has 0 saturated carbocycles. The summed E-state index contributed by atoms with van der Waals surface area (Å²) in [5.41, 5.74) is 1.80. The van der Waals surface area contributed by atoms with E-state index in [2.05, 4.69) is 45.4 Å². The Labute approximate surface area is 142 Å². The molecule has 124 valence electrons. The number of fused-ring (bicyclic) bond motifs is 4. The van der Waals surface area contributed by atoms with Crippen molar-refractivity contribution in [3.05, 3.63) is 59.9 Å². The number of rotatable bonds is 3. The molecule has 5 heteroatoms. The molecule has 0 unspecified atom stereocenters. The minimum atomic E-state index is 0.0272. The number of aromatic nitrogens is 2. The van der Waals surface area contributed by atoms with Gasteiger partial charge in [-0.2, -0.15) is 5.10 Å². The summed E-state index contributed by atoms with van der Waals surface area (Å²) in [5.74, 6) is 0.576. The molecule has 5 rings (SSSR count). The fourth-order valence-electron chi connectivity index (χ4n) is 3.96. The number of carbonyl (C=O) groups is 1. The number of benzene rings is 1. The Kier molecular flexibility index (Phi) is 4.26. The van der Waals surface area contributed by atoms with E-state index in [1.165, 1.54) is 12.0 Å². The number of hydrogen-bond acceptors (Lipinski definition) is 4. The van der Waals surface area contributed by atoms with Gasteiger partial charge in [0.15, 0.2) is 5.69 Å². The van der Waals surface area contributed by atoms with Crippen molar-refractivity contribution < 1.29 is 4.79 Å². The predicted molar refractivity (Wildman–Crippen MR) is 91.3 cm³/mol. The second-order valence-electron chi connectivity index (χ2n) is 6.84. The van der Waals surface area contributed by atoms with Gasteiger partial charge in [-0.3, -0.25) is 9.69 Å². The van der Waals surface area contributed by atoms with E-state index < -0.39 is 0 Å². The normalized spacial score (nSPS) is 23.9. The highest BCUT2D eigenvalue weighted by Crippen LogP contribution is 2.29. The van der Waals surface area contributed by atoms with Crippen molar-refractivity contribution in [1.82, 2.24) is 20.0 Å². The maximum Gasteiger partial charge on any atom is 0.274 e. The molecule has 3 aliphatic heterocycles. The quantitative estimate of drug-likeness (QED) is 0.869. The van der Waals surface area contributed by atoms with Crippen LogP contribution in [0.1, 0.15) is 28.9 Å². The van der Waals surface area contributed by atoms with Gasteiger partial charge in [0.2, 0.25) is 0 Å². The van der Waals surface area contributed by atoms with E-state index in [0.29, 0.717) is 11.6 Å². The third-order valence-corrected chi connectivity index (χ3v) is 5.09. The molecule has 3 aliphatic rings. The van der Waals surface area contributed by atoms with Gasteiger partial charge in [0, 0.05) is 38.4 Å². The van der Waals surface area contributed by atoms with E-state index in [1.807, 2.05) is 4.90 Å². The average Bonchev–Trinajstić information content (AvgIpc) is 2.93. The van der Waals surface area contributed by atoms with Gasteiger partial charge in [-0.05, 0) is 36.5 Å². The molecule has 0 N–H and O–H groups in total. The molecule has 4 heterocycles. The Morgan fingerprint density at radius 2 is 1.92 bits per heavy atom. The molecule has 3 fully saturated rings. The number of carbonyl (C=O) groups excluding carboxylic acids is 1. The van der Waals surface area contributed by atoms with Crippen LogP contribution in [0.15, 0.2) is 48.7 Å². The second-order valence-corrected chi connectivity index (χ2v) is 6.84. The van der Waals surface area contributed by atoms with Gasteiger partial charge in [-0.15, -0.1) is 5.10 Å². The van der Waals surface area contributed by atoms with Gasteiger partial charge in [-0.25, -0.2) is 0 Å². The van der Waals surface area contributed by atoms with Crippen molar-refractivity contribution >= 4 is 5.91 Å². The monoisotopic (exact) mass is 322 g/mol. The summed E-state index contributed by atoms with van der Waals surface area (Å²) >= 11 is 0. The Balaban J connectivity index is 1.50. The Hall–Kier alpha value is -2.27. The van der Waals surface area contributed by atoms with Gasteiger partial charge >= 0.3 is 0 Å². The van der Waals surface area contributed by atoms with E-state index in [0.717, 1.165) is 32.6 Å². The van der Waals surface area contributed by atoms with Crippen LogP contribution in [0.5, 0.6) is 0 Å². The van der Waals surface area contributed by atoms with E-state index >= 15 is 0 Å². The maximum absolute atomic E-state index is 12.8. The summed E-state index contributed by atoms with van der Waals surface area (Å²) in [5, 5.41) is 7.85. The van der Waals surface area contributed by atoms with Gasteiger partial charge in [0.05, 0.1) is 0 Å². The van der Waals surface area contributed by atoms with Crippen molar-refractivity contribution in [3.63, 3.8) is 0 Å². The van der Waals surface area contributed by atoms with E-state index in [4.69, 9.17) is 0 Å². The number of piperidine rings is 1. The maximum atomic E-state index is 12.8. The highest BCUT2D eigenvalue weighted by Gasteiger charge is 2.37. The largest absolute Gasteiger partial charge is 0.333 e. The predicted octanol–water partition coefficient (Wildman–Crippen LogP) is 2.21. The summed E-state index contributed by atoms with van der Waals surface area (Å²) in [4.78, 5) is 17.3. The van der Waals surface area contributed by atoms with Crippen molar-refractivity contribution in [1.29, 1.82) is 0 Å². The van der Waals surface area contributed by atoms with Crippen LogP contribution in [0.3, 0.4) is 0 Å². The SMILES string of the molecule is O=C(c1cccnn1)N1C[C@H]2CC[C@@H]1CN(Cc1ccccc1)C2. The zero-order chi connectivity index (χ0) is 16.4. The van der Waals surface area contributed by atoms with E-state index in [1.54, 1.807) is 18.3 Å². The van der Waals surface area contributed by atoms with Crippen LogP contribution >= 0.6 is 0 Å². The first kappa shape index (κ1) is 15.3. The molecular weight excluding hydrogens is 300 g/mol. The van der Waals surface area contributed by atoms with E-state index in [9.17, 15) is 4.79 Å². The lowest BCUT2D eigenvalue weighted by molar-refractivity contribution is 0.0577. The van der Waals surface area contributed by atoms with Crippen LogP contribution in [-0.4, -0.2) is 51.6 Å². The molecule has 24 heavy (non-hydrogen) atoms. The summed E-state index contributed by atoms with van der Waals surface area (Å²) in [6.07, 6.45) is 3.90. The molecule has 2 aromatic rings. The zero-order valence-corrected chi connectivity index (χ0v) is 13.7. The van der Waals surface area contributed by atoms with Crippen LogP contribution in [0.25, 0.3) is 0 Å². The molecule has 1 aromatic carbocycles. The molecule has 0 radical (unpaired) electrons. The fraction of sp³-hybridized carbons (Fsp3) is 0.421. The first-order valence-corrected chi connectivity index (χ1v) is 8.64. The molecule has 5 nitrogen and oxygen atoms in total. The van der Waals surface area contributed by atoms with Gasteiger partial charge in [0.25, 0.3) is 5.91 Å². The minimum absolute atomic E-state index is 0.0272. The number of hydrogen-bond donors (Lipinski definition) is 0. The van der Waals surface area contributed by atoms with Crippen molar-refractivity contribution in [2.45, 2.75) is 25.4 Å². The number of nitrogens with zero attached hydrogens (tertiary/aromatic N) is 4. The van der Waals surface area contributed by atoms with Crippen LogP contribution in [0.4, 0.5) is 0 Å². The van der Waals surface area contributed by atoms with Crippen LogP contribution in [0, 0.1) is 5.92 Å². The molecule has 1 aromatic heterocycles. The third kappa shape index (κ3) is 3.17. The highest BCUT2D eigenvalue weighted by atomic mass is 16.2. The zero-order valence-electron chi connectivity index (χ0n) is 13.7. The molecule has 1 amide bonds. The Morgan fingerprint density at radius 1 is 1.04 bits per heavy atom. The Morgan fingerprint density at radius 3 is 2.71 bits per heavy atom. The smallest absolute Gasteiger partial charge is 0.274 e. The van der Waals surface area contributed by atoms with Crippen LogP contribution in [0.2, 0.25) is 0 Å². The molecule has 2 bridgehead atoms. The first-order chi connectivity index (χ1) is 11.8. The summed E-state index contributed by atoms with van der Waals surface area (Å²) < 4.78 is 0. The minimum Gasteiger partial charge on any atom is -0.333 e. The molecule has 3 saturated heterocycles. The first-order valence-electron chi connectivity index (χ1n) is 8.64. The highest BCUT2D eigenvalue weighted by molar-refractivity contribution is 5.92. The Bertz CT molecular complexity index is 691. The summed E-state index contributed by atoms with van der Waals surface area (Å²) in [6.45, 7) is 3.80. The summed E-state index contributed by atoms with van der Waals surface area (Å²) in [6, 6.07) is 14.4. The van der Waals surface area contributed by atoms with Crippen molar-refractivity contribution in [2.75, 3.05) is 19.6 Å². The second kappa shape index (κ2) is 6.69. The number of amides is 1. The molecular formula is C19H22N4O. The van der Waals surface area contributed by atoms with Crippen LogP contribution in [-0.2, 0) is 6.54 Å². The molecule has 2 atom stereocenters. The molecule has 0 spiro atoms. The van der Waals surface area contributed by atoms with Crippen molar-refractivity contribution in [2.24, 2.45) is 5.92 Å². The lowest BCUT2D eigenvalue weighted by Crippen LogP contribution is -2.47. The van der Waals surface area contributed by atoms with E-state index in [-0.39, 0.29) is 11.9 Å². The molecule has 0 aliphatic carbocycles.